The molecule has 0 aliphatic heterocycles. The lowest BCUT2D eigenvalue weighted by atomic mass is 10.1. The molecule has 4 nitrogen and oxygen atoms in total. The monoisotopic (exact) mass is 232 g/mol. The number of hydrogen-bond acceptors (Lipinski definition) is 2. The molecule has 86 valence electrons. The zero-order valence-corrected chi connectivity index (χ0v) is 9.07. The fourth-order valence-electron chi connectivity index (χ4n) is 2.01. The van der Waals surface area contributed by atoms with Crippen LogP contribution < -0.4 is 0 Å². The summed E-state index contributed by atoms with van der Waals surface area (Å²) in [5.41, 5.74) is 1.07. The highest BCUT2D eigenvalue weighted by Crippen LogP contribution is 2.26. The summed E-state index contributed by atoms with van der Waals surface area (Å²) in [6.07, 6.45) is 0. The lowest BCUT2D eigenvalue weighted by molar-refractivity contribution is 0.0685. The fourth-order valence-corrected chi connectivity index (χ4v) is 2.01. The fraction of sp³-hybridized carbons (Fsp3) is 0.167. The average molecular weight is 232 g/mol. The molecule has 1 aromatic carbocycles. The summed E-state index contributed by atoms with van der Waals surface area (Å²) in [7, 11) is 0. The summed E-state index contributed by atoms with van der Waals surface area (Å²) >= 11 is 0. The van der Waals surface area contributed by atoms with Gasteiger partial charge in [-0.15, -0.1) is 0 Å². The number of halogens is 1. The molecule has 0 unspecified atom stereocenters. The number of hydrogen-bond donors (Lipinski definition) is 1. The van der Waals surface area contributed by atoms with Gasteiger partial charge in [0.15, 0.2) is 0 Å². The third kappa shape index (κ3) is 1.64. The minimum atomic E-state index is -1.12. The Morgan fingerprint density at radius 1 is 1.59 bits per heavy atom. The van der Waals surface area contributed by atoms with Crippen LogP contribution in [-0.4, -0.2) is 15.6 Å². The molecule has 0 aliphatic carbocycles. The topological polar surface area (TPSA) is 66.0 Å². The van der Waals surface area contributed by atoms with Crippen LogP contribution in [0.15, 0.2) is 18.2 Å². The second-order valence-corrected chi connectivity index (χ2v) is 3.68. The number of nitrogens with zero attached hydrogens (tertiary/aromatic N) is 2. The molecule has 0 aliphatic rings. The highest BCUT2D eigenvalue weighted by atomic mass is 19.1. The molecule has 0 fully saturated rings. The number of rotatable bonds is 2. The number of aryl methyl sites for hydroxylation is 1. The zero-order chi connectivity index (χ0) is 12.6. The summed E-state index contributed by atoms with van der Waals surface area (Å²) in [5, 5.41) is 18.4. The van der Waals surface area contributed by atoms with E-state index in [-0.39, 0.29) is 12.2 Å². The van der Waals surface area contributed by atoms with E-state index in [1.165, 1.54) is 22.8 Å². The van der Waals surface area contributed by atoms with Crippen molar-refractivity contribution in [2.75, 3.05) is 0 Å². The van der Waals surface area contributed by atoms with Crippen LogP contribution >= 0.6 is 0 Å². The number of aromatic carboxylic acids is 1. The Morgan fingerprint density at radius 2 is 2.29 bits per heavy atom. The molecule has 0 atom stereocenters. The Kier molecular flexibility index (Phi) is 2.56. The molecular formula is C12H9FN2O2. The van der Waals surface area contributed by atoms with Crippen molar-refractivity contribution in [3.8, 4) is 6.07 Å². The van der Waals surface area contributed by atoms with E-state index in [0.29, 0.717) is 16.5 Å². The van der Waals surface area contributed by atoms with Gasteiger partial charge in [0, 0.05) is 5.39 Å². The van der Waals surface area contributed by atoms with E-state index in [4.69, 9.17) is 10.4 Å². The molecule has 17 heavy (non-hydrogen) atoms. The molecule has 0 saturated heterocycles. The molecule has 2 aromatic rings. The summed E-state index contributed by atoms with van der Waals surface area (Å²) in [5.74, 6) is -1.54. The Balaban J connectivity index is 2.88. The first kappa shape index (κ1) is 11.1. The molecule has 0 radical (unpaired) electrons. The van der Waals surface area contributed by atoms with Crippen molar-refractivity contribution < 1.29 is 14.3 Å². The van der Waals surface area contributed by atoms with Gasteiger partial charge in [-0.2, -0.15) is 5.26 Å². The van der Waals surface area contributed by atoms with Crippen LogP contribution in [0.25, 0.3) is 10.9 Å². The standard InChI is InChI=1S/C12H9FN2O2/c1-7-9-6-8(13)2-3-10(9)15(5-4-14)11(7)12(16)17/h2-3,6H,5H2,1H3,(H,16,17). The maximum absolute atomic E-state index is 13.1. The van der Waals surface area contributed by atoms with E-state index in [0.717, 1.165) is 0 Å². The van der Waals surface area contributed by atoms with E-state index in [9.17, 15) is 9.18 Å². The van der Waals surface area contributed by atoms with Gasteiger partial charge in [-0.1, -0.05) is 0 Å². The number of nitriles is 1. The number of aromatic nitrogens is 1. The first-order valence-electron chi connectivity index (χ1n) is 4.95. The van der Waals surface area contributed by atoms with Gasteiger partial charge in [0.25, 0.3) is 0 Å². The summed E-state index contributed by atoms with van der Waals surface area (Å²) in [6, 6.07) is 5.93. The third-order valence-corrected chi connectivity index (χ3v) is 2.71. The number of carboxylic acids is 1. The Morgan fingerprint density at radius 3 is 2.88 bits per heavy atom. The maximum atomic E-state index is 13.1. The average Bonchev–Trinajstić information content (AvgIpc) is 2.53. The first-order chi connectivity index (χ1) is 8.06. The number of carboxylic acid groups (broad SMARTS) is 1. The molecule has 1 N–H and O–H groups in total. The van der Waals surface area contributed by atoms with E-state index in [1.54, 1.807) is 6.92 Å². The van der Waals surface area contributed by atoms with Crippen LogP contribution in [0.2, 0.25) is 0 Å². The normalized spacial score (nSPS) is 10.4. The lowest BCUT2D eigenvalue weighted by Crippen LogP contribution is -2.08. The van der Waals surface area contributed by atoms with Gasteiger partial charge < -0.3 is 9.67 Å². The van der Waals surface area contributed by atoms with Crippen molar-refractivity contribution in [2.45, 2.75) is 13.5 Å². The smallest absolute Gasteiger partial charge is 0.352 e. The van der Waals surface area contributed by atoms with Gasteiger partial charge in [0.1, 0.15) is 18.1 Å². The van der Waals surface area contributed by atoms with Crippen LogP contribution in [0.3, 0.4) is 0 Å². The molecule has 0 amide bonds. The van der Waals surface area contributed by atoms with Crippen molar-refractivity contribution in [1.29, 1.82) is 5.26 Å². The Labute approximate surface area is 96.5 Å². The largest absolute Gasteiger partial charge is 0.477 e. The predicted molar refractivity (Wildman–Crippen MR) is 59.2 cm³/mol. The van der Waals surface area contributed by atoms with Crippen molar-refractivity contribution in [3.63, 3.8) is 0 Å². The highest BCUT2D eigenvalue weighted by molar-refractivity contribution is 5.98. The molecule has 0 spiro atoms. The highest BCUT2D eigenvalue weighted by Gasteiger charge is 2.19. The second kappa shape index (κ2) is 3.91. The Hall–Kier alpha value is -2.35. The van der Waals surface area contributed by atoms with Crippen LogP contribution in [-0.2, 0) is 6.54 Å². The molecular weight excluding hydrogens is 223 g/mol. The van der Waals surface area contributed by atoms with E-state index >= 15 is 0 Å². The van der Waals surface area contributed by atoms with Crippen LogP contribution in [0, 0.1) is 24.1 Å². The van der Waals surface area contributed by atoms with E-state index in [2.05, 4.69) is 0 Å². The molecule has 5 heteroatoms. The molecule has 2 rings (SSSR count). The maximum Gasteiger partial charge on any atom is 0.352 e. The van der Waals surface area contributed by atoms with Crippen molar-refractivity contribution in [1.82, 2.24) is 4.57 Å². The summed E-state index contributed by atoms with van der Waals surface area (Å²) < 4.78 is 14.5. The Bertz CT molecular complexity index is 653. The molecule has 1 heterocycles. The van der Waals surface area contributed by atoms with Crippen LogP contribution in [0.5, 0.6) is 0 Å². The van der Waals surface area contributed by atoms with E-state index in [1.807, 2.05) is 6.07 Å². The first-order valence-corrected chi connectivity index (χ1v) is 4.95. The lowest BCUT2D eigenvalue weighted by Gasteiger charge is -2.02. The third-order valence-electron chi connectivity index (χ3n) is 2.71. The van der Waals surface area contributed by atoms with Crippen LogP contribution in [0.1, 0.15) is 16.1 Å². The number of carbonyl (C=O) groups is 1. The van der Waals surface area contributed by atoms with Crippen LogP contribution in [0.4, 0.5) is 4.39 Å². The summed E-state index contributed by atoms with van der Waals surface area (Å²) in [6.45, 7) is 1.54. The van der Waals surface area contributed by atoms with Gasteiger partial charge in [0.05, 0.1) is 11.6 Å². The molecule has 1 aromatic heterocycles. The number of fused-ring (bicyclic) bond motifs is 1. The van der Waals surface area contributed by atoms with Crippen molar-refractivity contribution >= 4 is 16.9 Å². The molecule has 0 saturated carbocycles. The van der Waals surface area contributed by atoms with Gasteiger partial charge in [-0.05, 0) is 30.7 Å². The quantitative estimate of drug-likeness (QED) is 0.863. The second-order valence-electron chi connectivity index (χ2n) is 3.68. The predicted octanol–water partition coefficient (Wildman–Crippen LogP) is 2.31. The SMILES string of the molecule is Cc1c(C(=O)O)n(CC#N)c2ccc(F)cc12. The molecule has 0 bridgehead atoms. The minimum Gasteiger partial charge on any atom is -0.477 e. The van der Waals surface area contributed by atoms with Gasteiger partial charge in [-0.3, -0.25) is 0 Å². The van der Waals surface area contributed by atoms with Crippen molar-refractivity contribution in [2.24, 2.45) is 0 Å². The zero-order valence-electron chi connectivity index (χ0n) is 9.07. The van der Waals surface area contributed by atoms with Gasteiger partial charge in [0.2, 0.25) is 0 Å². The van der Waals surface area contributed by atoms with Gasteiger partial charge >= 0.3 is 5.97 Å². The summed E-state index contributed by atoms with van der Waals surface area (Å²) in [4.78, 5) is 11.1. The van der Waals surface area contributed by atoms with E-state index < -0.39 is 11.8 Å². The number of benzene rings is 1. The minimum absolute atomic E-state index is 0.0344. The van der Waals surface area contributed by atoms with Crippen molar-refractivity contribution in [3.05, 3.63) is 35.3 Å². The van der Waals surface area contributed by atoms with Gasteiger partial charge in [-0.25, -0.2) is 9.18 Å².